The molecule has 1 aliphatic rings. The highest BCUT2D eigenvalue weighted by atomic mass is 16.5. The fourth-order valence-electron chi connectivity index (χ4n) is 2.82. The molecular weight excluding hydrogens is 222 g/mol. The first kappa shape index (κ1) is 15.5. The lowest BCUT2D eigenvalue weighted by Gasteiger charge is -2.30. The lowest BCUT2D eigenvalue weighted by Crippen LogP contribution is -2.27. The summed E-state index contributed by atoms with van der Waals surface area (Å²) < 4.78 is 6.05. The van der Waals surface area contributed by atoms with Crippen molar-refractivity contribution in [3.63, 3.8) is 0 Å². The number of hydrogen-bond acceptors (Lipinski definition) is 2. The summed E-state index contributed by atoms with van der Waals surface area (Å²) in [6.45, 7) is 7.19. The normalized spacial score (nSPS) is 24.8. The predicted molar refractivity (Wildman–Crippen MR) is 75.2 cm³/mol. The minimum atomic E-state index is -0.170. The van der Waals surface area contributed by atoms with Gasteiger partial charge in [0.05, 0.1) is 17.6 Å². The van der Waals surface area contributed by atoms with Gasteiger partial charge in [-0.3, -0.25) is 0 Å². The van der Waals surface area contributed by atoms with Crippen molar-refractivity contribution in [1.29, 1.82) is 5.26 Å². The van der Waals surface area contributed by atoms with Gasteiger partial charge in [-0.15, -0.1) is 0 Å². The van der Waals surface area contributed by atoms with Crippen LogP contribution in [0, 0.1) is 22.7 Å². The molecule has 2 atom stereocenters. The molecule has 0 aromatic carbocycles. The molecule has 0 spiro atoms. The van der Waals surface area contributed by atoms with Crippen molar-refractivity contribution in [3.8, 4) is 6.07 Å². The van der Waals surface area contributed by atoms with E-state index in [9.17, 15) is 0 Å². The molecule has 1 fully saturated rings. The molecule has 0 aliphatic heterocycles. The second-order valence-electron chi connectivity index (χ2n) is 6.31. The lowest BCUT2D eigenvalue weighted by molar-refractivity contribution is -0.0138. The zero-order valence-corrected chi connectivity index (χ0v) is 12.4. The minimum absolute atomic E-state index is 0.170. The first-order valence-corrected chi connectivity index (χ1v) is 7.62. The second kappa shape index (κ2) is 7.79. The molecule has 2 heteroatoms. The highest BCUT2D eigenvalue weighted by Gasteiger charge is 2.24. The van der Waals surface area contributed by atoms with Crippen LogP contribution in [0.15, 0.2) is 0 Å². The van der Waals surface area contributed by atoms with Gasteiger partial charge in [-0.05, 0) is 51.9 Å². The maximum absolute atomic E-state index is 8.94. The van der Waals surface area contributed by atoms with Crippen molar-refractivity contribution >= 4 is 0 Å². The van der Waals surface area contributed by atoms with Crippen molar-refractivity contribution in [2.75, 3.05) is 6.61 Å². The highest BCUT2D eigenvalue weighted by molar-refractivity contribution is 4.91. The molecule has 1 rings (SSSR count). The average molecular weight is 251 g/mol. The summed E-state index contributed by atoms with van der Waals surface area (Å²) in [6.07, 6.45) is 10.3. The molecule has 0 saturated heterocycles. The summed E-state index contributed by atoms with van der Waals surface area (Å²) in [5, 5.41) is 8.94. The summed E-state index contributed by atoms with van der Waals surface area (Å²) in [6, 6.07) is 2.36. The van der Waals surface area contributed by atoms with Crippen LogP contribution in [0.3, 0.4) is 0 Å². The maximum Gasteiger partial charge on any atom is 0.0683 e. The lowest BCUT2D eigenvalue weighted by atomic mass is 9.85. The number of nitriles is 1. The first-order valence-electron chi connectivity index (χ1n) is 7.62. The minimum Gasteiger partial charge on any atom is -0.378 e. The Bertz CT molecular complexity index is 267. The predicted octanol–water partition coefficient (Wildman–Crippen LogP) is 4.69. The standard InChI is InChI=1S/C16H29NO/c1-4-14-9-5-6-10-15(14)18-12-8-7-11-16(2,3)13-17/h14-15H,4-12H2,1-3H3. The maximum atomic E-state index is 8.94. The van der Waals surface area contributed by atoms with Crippen LogP contribution in [-0.4, -0.2) is 12.7 Å². The van der Waals surface area contributed by atoms with E-state index in [1.807, 2.05) is 13.8 Å². The Kier molecular flexibility index (Phi) is 6.71. The second-order valence-corrected chi connectivity index (χ2v) is 6.31. The van der Waals surface area contributed by atoms with Crippen molar-refractivity contribution in [2.45, 2.75) is 78.2 Å². The van der Waals surface area contributed by atoms with E-state index in [1.165, 1.54) is 32.1 Å². The van der Waals surface area contributed by atoms with Crippen LogP contribution in [0.4, 0.5) is 0 Å². The number of hydrogen-bond donors (Lipinski definition) is 0. The van der Waals surface area contributed by atoms with E-state index < -0.39 is 0 Å². The fourth-order valence-corrected chi connectivity index (χ4v) is 2.82. The van der Waals surface area contributed by atoms with Gasteiger partial charge in [-0.25, -0.2) is 0 Å². The Balaban J connectivity index is 2.12. The van der Waals surface area contributed by atoms with Gasteiger partial charge in [0.1, 0.15) is 0 Å². The molecule has 1 aliphatic carbocycles. The zero-order chi connectivity index (χ0) is 13.4. The van der Waals surface area contributed by atoms with Crippen LogP contribution >= 0.6 is 0 Å². The van der Waals surface area contributed by atoms with E-state index in [4.69, 9.17) is 10.00 Å². The number of nitrogens with zero attached hydrogens (tertiary/aromatic N) is 1. The van der Waals surface area contributed by atoms with Gasteiger partial charge in [-0.1, -0.05) is 26.2 Å². The SMILES string of the molecule is CCC1CCCCC1OCCCCC(C)(C)C#N. The summed E-state index contributed by atoms with van der Waals surface area (Å²) in [7, 11) is 0. The third-order valence-corrected chi connectivity index (χ3v) is 4.19. The summed E-state index contributed by atoms with van der Waals surface area (Å²) in [4.78, 5) is 0. The van der Waals surface area contributed by atoms with E-state index in [0.29, 0.717) is 6.10 Å². The fraction of sp³-hybridized carbons (Fsp3) is 0.938. The molecule has 0 N–H and O–H groups in total. The molecule has 0 aromatic heterocycles. The molecule has 0 heterocycles. The van der Waals surface area contributed by atoms with Crippen LogP contribution in [0.1, 0.15) is 72.1 Å². The molecule has 104 valence electrons. The molecule has 18 heavy (non-hydrogen) atoms. The van der Waals surface area contributed by atoms with Gasteiger partial charge in [0.25, 0.3) is 0 Å². The summed E-state index contributed by atoms with van der Waals surface area (Å²) >= 11 is 0. The average Bonchev–Trinajstić information content (AvgIpc) is 2.38. The van der Waals surface area contributed by atoms with E-state index in [2.05, 4.69) is 13.0 Å². The van der Waals surface area contributed by atoms with Crippen molar-refractivity contribution < 1.29 is 4.74 Å². The van der Waals surface area contributed by atoms with E-state index in [-0.39, 0.29) is 5.41 Å². The zero-order valence-electron chi connectivity index (χ0n) is 12.4. The van der Waals surface area contributed by atoms with Crippen LogP contribution in [0.25, 0.3) is 0 Å². The van der Waals surface area contributed by atoms with Gasteiger partial charge in [0, 0.05) is 6.61 Å². The van der Waals surface area contributed by atoms with Gasteiger partial charge in [0.15, 0.2) is 0 Å². The summed E-state index contributed by atoms with van der Waals surface area (Å²) in [5.41, 5.74) is -0.170. The third-order valence-electron chi connectivity index (χ3n) is 4.19. The quantitative estimate of drug-likeness (QED) is 0.615. The molecule has 0 amide bonds. The van der Waals surface area contributed by atoms with Gasteiger partial charge < -0.3 is 4.74 Å². The monoisotopic (exact) mass is 251 g/mol. The molecule has 2 nitrogen and oxygen atoms in total. The smallest absolute Gasteiger partial charge is 0.0683 e. The molecule has 0 bridgehead atoms. The first-order chi connectivity index (χ1) is 8.59. The molecule has 0 radical (unpaired) electrons. The Morgan fingerprint density at radius 1 is 1.22 bits per heavy atom. The van der Waals surface area contributed by atoms with Gasteiger partial charge in [0.2, 0.25) is 0 Å². The van der Waals surface area contributed by atoms with Gasteiger partial charge >= 0.3 is 0 Å². The summed E-state index contributed by atoms with van der Waals surface area (Å²) in [5.74, 6) is 0.786. The van der Waals surface area contributed by atoms with Crippen LogP contribution < -0.4 is 0 Å². The van der Waals surface area contributed by atoms with Crippen LogP contribution in [0.5, 0.6) is 0 Å². The highest BCUT2D eigenvalue weighted by Crippen LogP contribution is 2.29. The Morgan fingerprint density at radius 3 is 2.61 bits per heavy atom. The number of ether oxygens (including phenoxy) is 1. The third kappa shape index (κ3) is 5.40. The Hall–Kier alpha value is -0.550. The van der Waals surface area contributed by atoms with Crippen LogP contribution in [-0.2, 0) is 4.74 Å². The van der Waals surface area contributed by atoms with Crippen molar-refractivity contribution in [2.24, 2.45) is 11.3 Å². The Labute approximate surface area is 113 Å². The molecule has 0 aromatic rings. The molecule has 1 saturated carbocycles. The van der Waals surface area contributed by atoms with E-state index in [0.717, 1.165) is 31.8 Å². The molecular formula is C16H29NO. The van der Waals surface area contributed by atoms with Crippen molar-refractivity contribution in [1.82, 2.24) is 0 Å². The largest absolute Gasteiger partial charge is 0.378 e. The Morgan fingerprint density at radius 2 is 1.94 bits per heavy atom. The van der Waals surface area contributed by atoms with E-state index >= 15 is 0 Å². The van der Waals surface area contributed by atoms with E-state index in [1.54, 1.807) is 0 Å². The van der Waals surface area contributed by atoms with Gasteiger partial charge in [-0.2, -0.15) is 5.26 Å². The number of rotatable bonds is 7. The van der Waals surface area contributed by atoms with Crippen molar-refractivity contribution in [3.05, 3.63) is 0 Å². The number of unbranched alkanes of at least 4 members (excludes halogenated alkanes) is 1. The molecule has 2 unspecified atom stereocenters. The van der Waals surface area contributed by atoms with Crippen LogP contribution in [0.2, 0.25) is 0 Å². The topological polar surface area (TPSA) is 33.0 Å².